The van der Waals surface area contributed by atoms with Gasteiger partial charge in [-0.2, -0.15) is 0 Å². The maximum absolute atomic E-state index is 11.4. The second kappa shape index (κ2) is 7.30. The Labute approximate surface area is 156 Å². The Kier molecular flexibility index (Phi) is 5.11. The zero-order chi connectivity index (χ0) is 18.0. The van der Waals surface area contributed by atoms with Crippen molar-refractivity contribution in [3.8, 4) is 0 Å². The summed E-state index contributed by atoms with van der Waals surface area (Å²) < 4.78 is 0. The summed E-state index contributed by atoms with van der Waals surface area (Å²) in [6.07, 6.45) is 0. The van der Waals surface area contributed by atoms with E-state index in [9.17, 15) is 4.79 Å². The number of para-hydroxylation sites is 1. The van der Waals surface area contributed by atoms with E-state index in [0.29, 0.717) is 22.3 Å². The molecule has 0 aliphatic carbocycles. The van der Waals surface area contributed by atoms with Crippen molar-refractivity contribution in [3.63, 3.8) is 0 Å². The van der Waals surface area contributed by atoms with Crippen LogP contribution in [0.15, 0.2) is 42.5 Å². The normalized spacial score (nSPS) is 10.7. The van der Waals surface area contributed by atoms with E-state index in [1.54, 1.807) is 6.07 Å². The zero-order valence-corrected chi connectivity index (χ0v) is 15.4. The molecule has 3 aromatic rings. The van der Waals surface area contributed by atoms with Gasteiger partial charge in [-0.1, -0.05) is 41.4 Å². The summed E-state index contributed by atoms with van der Waals surface area (Å²) in [6.45, 7) is 4.01. The van der Waals surface area contributed by atoms with Gasteiger partial charge in [-0.15, -0.1) is 0 Å². The summed E-state index contributed by atoms with van der Waals surface area (Å²) in [5.41, 5.74) is 4.29. The number of nitrogens with one attached hydrogen (secondary N) is 2. The van der Waals surface area contributed by atoms with Crippen molar-refractivity contribution in [1.82, 2.24) is 4.98 Å². The lowest BCUT2D eigenvalue weighted by Gasteiger charge is -2.13. The molecule has 0 aliphatic rings. The molecular formula is C19H17Cl2N3O. The third-order valence-corrected chi connectivity index (χ3v) is 4.48. The summed E-state index contributed by atoms with van der Waals surface area (Å²) in [7, 11) is 0. The molecule has 1 amide bonds. The van der Waals surface area contributed by atoms with Crippen LogP contribution in [-0.2, 0) is 11.3 Å². The van der Waals surface area contributed by atoms with Gasteiger partial charge in [-0.05, 0) is 36.8 Å². The molecule has 0 saturated carbocycles. The molecule has 4 nitrogen and oxygen atoms in total. The molecule has 0 bridgehead atoms. The molecule has 25 heavy (non-hydrogen) atoms. The first-order valence-corrected chi connectivity index (χ1v) is 8.55. The van der Waals surface area contributed by atoms with Crippen LogP contribution in [0, 0.1) is 6.92 Å². The number of aryl methyl sites for hydroxylation is 1. The lowest BCUT2D eigenvalue weighted by molar-refractivity contribution is -0.114. The Bertz CT molecular complexity index is 957. The number of halogens is 2. The van der Waals surface area contributed by atoms with Crippen LogP contribution in [0.1, 0.15) is 18.2 Å². The van der Waals surface area contributed by atoms with E-state index in [0.717, 1.165) is 27.8 Å². The molecule has 0 aliphatic heterocycles. The van der Waals surface area contributed by atoms with Crippen LogP contribution < -0.4 is 10.6 Å². The van der Waals surface area contributed by atoms with Crippen LogP contribution >= 0.6 is 23.2 Å². The van der Waals surface area contributed by atoms with Crippen molar-refractivity contribution in [3.05, 3.63) is 63.8 Å². The van der Waals surface area contributed by atoms with Gasteiger partial charge in [-0.25, -0.2) is 0 Å². The van der Waals surface area contributed by atoms with Crippen LogP contribution in [0.2, 0.25) is 10.0 Å². The van der Waals surface area contributed by atoms with Gasteiger partial charge >= 0.3 is 0 Å². The second-order valence-corrected chi connectivity index (χ2v) is 6.61. The number of hydrogen-bond donors (Lipinski definition) is 2. The minimum atomic E-state index is -0.124. The van der Waals surface area contributed by atoms with Gasteiger partial charge < -0.3 is 10.6 Å². The summed E-state index contributed by atoms with van der Waals surface area (Å²) in [4.78, 5) is 16.0. The molecule has 0 atom stereocenters. The standard InChI is InChI=1S/C19H17Cl2N3O/c1-11-8-18(22-10-13-6-7-15(20)16(21)9-13)14-4-3-5-17(19(14)23-11)24-12(2)25/h3-9H,10H2,1-2H3,(H,22,23)(H,24,25). The van der Waals surface area contributed by atoms with E-state index in [1.807, 2.05) is 43.3 Å². The summed E-state index contributed by atoms with van der Waals surface area (Å²) >= 11 is 12.0. The van der Waals surface area contributed by atoms with Crippen molar-refractivity contribution >= 4 is 51.4 Å². The van der Waals surface area contributed by atoms with Gasteiger partial charge in [0.15, 0.2) is 0 Å². The molecule has 1 heterocycles. The largest absolute Gasteiger partial charge is 0.380 e. The smallest absolute Gasteiger partial charge is 0.221 e. The summed E-state index contributed by atoms with van der Waals surface area (Å²) in [6, 6.07) is 13.3. The first kappa shape index (κ1) is 17.5. The Morgan fingerprint density at radius 2 is 1.88 bits per heavy atom. The van der Waals surface area contributed by atoms with Crippen molar-refractivity contribution in [2.24, 2.45) is 0 Å². The Morgan fingerprint density at radius 1 is 1.08 bits per heavy atom. The molecule has 6 heteroatoms. The number of hydrogen-bond acceptors (Lipinski definition) is 3. The molecule has 0 unspecified atom stereocenters. The number of pyridine rings is 1. The number of anilines is 2. The molecule has 128 valence electrons. The number of benzene rings is 2. The number of carbonyl (C=O) groups excluding carboxylic acids is 1. The van der Waals surface area contributed by atoms with Gasteiger partial charge in [0.05, 0.1) is 21.2 Å². The van der Waals surface area contributed by atoms with Gasteiger partial charge in [-0.3, -0.25) is 9.78 Å². The molecule has 1 aromatic heterocycles. The highest BCUT2D eigenvalue weighted by Gasteiger charge is 2.09. The molecule has 0 spiro atoms. The molecule has 2 aromatic carbocycles. The van der Waals surface area contributed by atoms with Crippen molar-refractivity contribution in [1.29, 1.82) is 0 Å². The quantitative estimate of drug-likeness (QED) is 0.641. The molecule has 0 saturated heterocycles. The highest BCUT2D eigenvalue weighted by Crippen LogP contribution is 2.29. The van der Waals surface area contributed by atoms with Gasteiger partial charge in [0.2, 0.25) is 5.91 Å². The fourth-order valence-electron chi connectivity index (χ4n) is 2.66. The average molecular weight is 374 g/mol. The highest BCUT2D eigenvalue weighted by atomic mass is 35.5. The minimum absolute atomic E-state index is 0.124. The highest BCUT2D eigenvalue weighted by molar-refractivity contribution is 6.42. The lowest BCUT2D eigenvalue weighted by Crippen LogP contribution is -2.07. The predicted octanol–water partition coefficient (Wildman–Crippen LogP) is 5.42. The van der Waals surface area contributed by atoms with E-state index in [1.165, 1.54) is 6.92 Å². The van der Waals surface area contributed by atoms with Crippen LogP contribution in [0.25, 0.3) is 10.9 Å². The average Bonchev–Trinajstić information content (AvgIpc) is 2.56. The van der Waals surface area contributed by atoms with Gasteiger partial charge in [0.25, 0.3) is 0 Å². The minimum Gasteiger partial charge on any atom is -0.380 e. The number of amides is 1. The molecular weight excluding hydrogens is 357 g/mol. The molecule has 0 fully saturated rings. The predicted molar refractivity (Wildman–Crippen MR) is 105 cm³/mol. The molecule has 3 rings (SSSR count). The van der Waals surface area contributed by atoms with Crippen molar-refractivity contribution in [2.75, 3.05) is 10.6 Å². The third-order valence-electron chi connectivity index (χ3n) is 3.75. The Hall–Kier alpha value is -2.30. The van der Waals surface area contributed by atoms with E-state index in [4.69, 9.17) is 23.2 Å². The fourth-order valence-corrected chi connectivity index (χ4v) is 2.98. The van der Waals surface area contributed by atoms with Gasteiger partial charge in [0, 0.05) is 30.2 Å². The van der Waals surface area contributed by atoms with E-state index in [2.05, 4.69) is 15.6 Å². The monoisotopic (exact) mass is 373 g/mol. The van der Waals surface area contributed by atoms with Crippen molar-refractivity contribution in [2.45, 2.75) is 20.4 Å². The van der Waals surface area contributed by atoms with Crippen LogP contribution in [0.4, 0.5) is 11.4 Å². The maximum Gasteiger partial charge on any atom is 0.221 e. The topological polar surface area (TPSA) is 54.0 Å². The summed E-state index contributed by atoms with van der Waals surface area (Å²) in [5, 5.41) is 8.26. The first-order valence-electron chi connectivity index (χ1n) is 7.80. The second-order valence-electron chi connectivity index (χ2n) is 5.80. The number of fused-ring (bicyclic) bond motifs is 1. The third kappa shape index (κ3) is 4.03. The number of carbonyl (C=O) groups is 1. The van der Waals surface area contributed by atoms with Crippen LogP contribution in [0.3, 0.4) is 0 Å². The van der Waals surface area contributed by atoms with Crippen LogP contribution in [0.5, 0.6) is 0 Å². The number of rotatable bonds is 4. The summed E-state index contributed by atoms with van der Waals surface area (Å²) in [5.74, 6) is -0.124. The van der Waals surface area contributed by atoms with E-state index >= 15 is 0 Å². The Morgan fingerprint density at radius 3 is 2.60 bits per heavy atom. The fraction of sp³-hybridized carbons (Fsp3) is 0.158. The van der Waals surface area contributed by atoms with Crippen molar-refractivity contribution < 1.29 is 4.79 Å². The van der Waals surface area contributed by atoms with Gasteiger partial charge in [0.1, 0.15) is 0 Å². The Balaban J connectivity index is 1.95. The molecule has 2 N–H and O–H groups in total. The SMILES string of the molecule is CC(=O)Nc1cccc2c(NCc3ccc(Cl)c(Cl)c3)cc(C)nc12. The number of aromatic nitrogens is 1. The number of nitrogens with zero attached hydrogens (tertiary/aromatic N) is 1. The lowest BCUT2D eigenvalue weighted by atomic mass is 10.1. The maximum atomic E-state index is 11.4. The molecule has 0 radical (unpaired) electrons. The zero-order valence-electron chi connectivity index (χ0n) is 13.9. The van der Waals surface area contributed by atoms with E-state index < -0.39 is 0 Å². The first-order chi connectivity index (χ1) is 11.9. The van der Waals surface area contributed by atoms with E-state index in [-0.39, 0.29) is 5.91 Å². The van der Waals surface area contributed by atoms with Crippen LogP contribution in [-0.4, -0.2) is 10.9 Å².